The van der Waals surface area contributed by atoms with Crippen molar-refractivity contribution in [2.45, 2.75) is 31.8 Å². The topological polar surface area (TPSA) is 29.5 Å². The minimum absolute atomic E-state index is 0.109. The Labute approximate surface area is 139 Å². The highest BCUT2D eigenvalue weighted by Crippen LogP contribution is 2.25. The Bertz CT molecular complexity index is 502. The fourth-order valence-electron chi connectivity index (χ4n) is 2.36. The Morgan fingerprint density at radius 2 is 1.95 bits per heavy atom. The molecule has 1 aliphatic rings. The molecule has 0 radical (unpaired) electrons. The van der Waals surface area contributed by atoms with E-state index in [2.05, 4.69) is 0 Å². The minimum Gasteiger partial charge on any atom is -0.372 e. The van der Waals surface area contributed by atoms with Gasteiger partial charge in [0.05, 0.1) is 28.0 Å². The number of rotatable bonds is 4. The van der Waals surface area contributed by atoms with E-state index in [4.69, 9.17) is 27.9 Å². The molecule has 0 spiro atoms. The average molecular weight is 348 g/mol. The SMILES string of the molecule is CC1CN(C(=O)CSCc2ccc(Cl)c(Cl)c2)CC(C)O1. The van der Waals surface area contributed by atoms with Crippen molar-refractivity contribution < 1.29 is 9.53 Å². The lowest BCUT2D eigenvalue weighted by molar-refractivity contribution is -0.140. The Hall–Kier alpha value is -0.420. The van der Waals surface area contributed by atoms with Crippen LogP contribution >= 0.6 is 35.0 Å². The standard InChI is InChI=1S/C15H19Cl2NO2S/c1-10-6-18(7-11(2)20-10)15(19)9-21-8-12-3-4-13(16)14(17)5-12/h3-5,10-11H,6-9H2,1-2H3. The molecular formula is C15H19Cl2NO2S. The molecule has 2 rings (SSSR count). The summed E-state index contributed by atoms with van der Waals surface area (Å²) in [6, 6.07) is 5.57. The van der Waals surface area contributed by atoms with Gasteiger partial charge in [0.2, 0.25) is 5.91 Å². The lowest BCUT2D eigenvalue weighted by atomic mass is 10.2. The first-order valence-corrected chi connectivity index (χ1v) is 8.81. The Morgan fingerprint density at radius 1 is 1.29 bits per heavy atom. The number of amides is 1. The van der Waals surface area contributed by atoms with Gasteiger partial charge in [0.1, 0.15) is 0 Å². The van der Waals surface area contributed by atoms with Crippen molar-refractivity contribution in [1.29, 1.82) is 0 Å². The van der Waals surface area contributed by atoms with Crippen LogP contribution in [0.5, 0.6) is 0 Å². The number of nitrogens with zero attached hydrogens (tertiary/aromatic N) is 1. The second-order valence-corrected chi connectivity index (χ2v) is 7.10. The zero-order chi connectivity index (χ0) is 15.4. The number of hydrogen-bond donors (Lipinski definition) is 0. The molecule has 116 valence electrons. The van der Waals surface area contributed by atoms with E-state index >= 15 is 0 Å². The van der Waals surface area contributed by atoms with Crippen molar-refractivity contribution in [2.75, 3.05) is 18.8 Å². The summed E-state index contributed by atoms with van der Waals surface area (Å²) in [5, 5.41) is 1.11. The highest BCUT2D eigenvalue weighted by atomic mass is 35.5. The molecule has 0 aromatic heterocycles. The van der Waals surface area contributed by atoms with Crippen molar-refractivity contribution in [2.24, 2.45) is 0 Å². The van der Waals surface area contributed by atoms with Crippen molar-refractivity contribution >= 4 is 40.9 Å². The second kappa shape index (κ2) is 7.73. The predicted octanol–water partition coefficient (Wildman–Crippen LogP) is 3.86. The van der Waals surface area contributed by atoms with Crippen LogP contribution in [0.25, 0.3) is 0 Å². The average Bonchev–Trinajstić information content (AvgIpc) is 2.41. The molecule has 0 aliphatic carbocycles. The number of carbonyl (C=O) groups is 1. The largest absolute Gasteiger partial charge is 0.372 e. The van der Waals surface area contributed by atoms with E-state index in [1.807, 2.05) is 30.9 Å². The van der Waals surface area contributed by atoms with Crippen LogP contribution in [0.4, 0.5) is 0 Å². The summed E-state index contributed by atoms with van der Waals surface area (Å²) >= 11 is 13.5. The first kappa shape index (κ1) is 16.9. The van der Waals surface area contributed by atoms with Crippen molar-refractivity contribution in [3.63, 3.8) is 0 Å². The number of halogens is 2. The zero-order valence-corrected chi connectivity index (χ0v) is 14.5. The van der Waals surface area contributed by atoms with Gasteiger partial charge in [-0.1, -0.05) is 29.3 Å². The predicted molar refractivity (Wildman–Crippen MR) is 89.2 cm³/mol. The van der Waals surface area contributed by atoms with E-state index < -0.39 is 0 Å². The summed E-state index contributed by atoms with van der Waals surface area (Å²) < 4.78 is 5.64. The van der Waals surface area contributed by atoms with Crippen LogP contribution in [0.2, 0.25) is 10.0 Å². The molecular weight excluding hydrogens is 329 g/mol. The fraction of sp³-hybridized carbons (Fsp3) is 0.533. The van der Waals surface area contributed by atoms with Gasteiger partial charge in [-0.25, -0.2) is 0 Å². The van der Waals surface area contributed by atoms with Crippen LogP contribution in [-0.4, -0.2) is 41.9 Å². The van der Waals surface area contributed by atoms with E-state index in [9.17, 15) is 4.79 Å². The van der Waals surface area contributed by atoms with Gasteiger partial charge in [0.25, 0.3) is 0 Å². The third-order valence-electron chi connectivity index (χ3n) is 3.25. The van der Waals surface area contributed by atoms with Crippen LogP contribution in [-0.2, 0) is 15.3 Å². The molecule has 1 aromatic rings. The van der Waals surface area contributed by atoms with Crippen molar-refractivity contribution in [1.82, 2.24) is 4.90 Å². The molecule has 1 aromatic carbocycles. The van der Waals surface area contributed by atoms with Crippen molar-refractivity contribution in [3.8, 4) is 0 Å². The molecule has 1 aliphatic heterocycles. The minimum atomic E-state index is 0.109. The maximum atomic E-state index is 12.2. The summed E-state index contributed by atoms with van der Waals surface area (Å²) in [5.74, 6) is 1.39. The Balaban J connectivity index is 1.80. The van der Waals surface area contributed by atoms with Crippen LogP contribution in [0.15, 0.2) is 18.2 Å². The summed E-state index contributed by atoms with van der Waals surface area (Å²) in [6.45, 7) is 5.35. The van der Waals surface area contributed by atoms with Gasteiger partial charge in [0, 0.05) is 18.8 Å². The summed E-state index contributed by atoms with van der Waals surface area (Å²) in [6.07, 6.45) is 0.218. The van der Waals surface area contributed by atoms with Crippen LogP contribution in [0, 0.1) is 0 Å². The fourth-order valence-corrected chi connectivity index (χ4v) is 3.55. The number of benzene rings is 1. The van der Waals surface area contributed by atoms with Crippen LogP contribution in [0.3, 0.4) is 0 Å². The zero-order valence-electron chi connectivity index (χ0n) is 12.1. The summed E-state index contributed by atoms with van der Waals surface area (Å²) in [7, 11) is 0. The highest BCUT2D eigenvalue weighted by molar-refractivity contribution is 7.99. The first-order chi connectivity index (χ1) is 9.95. The second-order valence-electron chi connectivity index (χ2n) is 5.30. The molecule has 6 heteroatoms. The van der Waals surface area contributed by atoms with Gasteiger partial charge in [-0.15, -0.1) is 11.8 Å². The molecule has 2 unspecified atom stereocenters. The number of thioether (sulfide) groups is 1. The van der Waals surface area contributed by atoms with Crippen molar-refractivity contribution in [3.05, 3.63) is 33.8 Å². The normalized spacial score (nSPS) is 22.4. The molecule has 2 atom stereocenters. The number of hydrogen-bond acceptors (Lipinski definition) is 3. The van der Waals surface area contributed by atoms with Crippen LogP contribution in [0.1, 0.15) is 19.4 Å². The molecule has 0 N–H and O–H groups in total. The maximum absolute atomic E-state index is 12.2. The van der Waals surface area contributed by atoms with Gasteiger partial charge in [-0.05, 0) is 31.5 Å². The molecule has 21 heavy (non-hydrogen) atoms. The van der Waals surface area contributed by atoms with Gasteiger partial charge < -0.3 is 9.64 Å². The van der Waals surface area contributed by atoms with Gasteiger partial charge in [0.15, 0.2) is 0 Å². The molecule has 1 heterocycles. The molecule has 1 amide bonds. The van der Waals surface area contributed by atoms with Gasteiger partial charge in [-0.2, -0.15) is 0 Å². The Morgan fingerprint density at radius 3 is 2.57 bits per heavy atom. The molecule has 3 nitrogen and oxygen atoms in total. The smallest absolute Gasteiger partial charge is 0.232 e. The third kappa shape index (κ3) is 5.06. The van der Waals surface area contributed by atoms with E-state index in [1.165, 1.54) is 0 Å². The highest BCUT2D eigenvalue weighted by Gasteiger charge is 2.25. The monoisotopic (exact) mass is 347 g/mol. The number of morpholine rings is 1. The Kier molecular flexibility index (Phi) is 6.23. The van der Waals surface area contributed by atoms with E-state index in [1.54, 1.807) is 17.8 Å². The molecule has 0 bridgehead atoms. The van der Waals surface area contributed by atoms with E-state index in [0.29, 0.717) is 28.9 Å². The molecule has 1 saturated heterocycles. The van der Waals surface area contributed by atoms with E-state index in [-0.39, 0.29) is 18.1 Å². The van der Waals surface area contributed by atoms with E-state index in [0.717, 1.165) is 11.3 Å². The van der Waals surface area contributed by atoms with Gasteiger partial charge in [-0.3, -0.25) is 4.79 Å². The lowest BCUT2D eigenvalue weighted by Gasteiger charge is -2.35. The quantitative estimate of drug-likeness (QED) is 0.828. The summed E-state index contributed by atoms with van der Waals surface area (Å²) in [4.78, 5) is 14.1. The number of ether oxygens (including phenoxy) is 1. The third-order valence-corrected chi connectivity index (χ3v) is 4.98. The number of carbonyl (C=O) groups excluding carboxylic acids is 1. The molecule has 1 fully saturated rings. The molecule has 0 saturated carbocycles. The first-order valence-electron chi connectivity index (χ1n) is 6.90. The van der Waals surface area contributed by atoms with Gasteiger partial charge >= 0.3 is 0 Å². The summed E-state index contributed by atoms with van der Waals surface area (Å²) in [5.41, 5.74) is 1.07. The lowest BCUT2D eigenvalue weighted by Crippen LogP contribution is -2.48. The maximum Gasteiger partial charge on any atom is 0.232 e. The van der Waals surface area contributed by atoms with Crippen LogP contribution < -0.4 is 0 Å².